The second-order valence-corrected chi connectivity index (χ2v) is 4.95. The van der Waals surface area contributed by atoms with Crippen molar-refractivity contribution in [2.75, 3.05) is 7.11 Å². The van der Waals surface area contributed by atoms with Crippen LogP contribution in [0.3, 0.4) is 0 Å². The van der Waals surface area contributed by atoms with Gasteiger partial charge in [-0.3, -0.25) is 0 Å². The van der Waals surface area contributed by atoms with Gasteiger partial charge in [0.1, 0.15) is 5.75 Å². The first kappa shape index (κ1) is 12.9. The van der Waals surface area contributed by atoms with Gasteiger partial charge < -0.3 is 9.84 Å². The number of hydrogen-bond acceptors (Lipinski definition) is 2. The van der Waals surface area contributed by atoms with Crippen molar-refractivity contribution >= 4 is 10.8 Å². The molecule has 1 atom stereocenters. The molecule has 0 saturated heterocycles. The average Bonchev–Trinajstić information content (AvgIpc) is 2.37. The summed E-state index contributed by atoms with van der Waals surface area (Å²) in [6, 6.07) is 12.1. The molecule has 0 fully saturated rings. The van der Waals surface area contributed by atoms with Crippen LogP contribution in [-0.2, 0) is 5.60 Å². The topological polar surface area (TPSA) is 29.5 Å². The lowest BCUT2D eigenvalue weighted by Gasteiger charge is -2.23. The zero-order valence-corrected chi connectivity index (χ0v) is 11.2. The number of fused-ring (bicyclic) bond motifs is 1. The Kier molecular flexibility index (Phi) is 3.58. The number of aliphatic hydroxyl groups is 1. The van der Waals surface area contributed by atoms with Gasteiger partial charge in [-0.05, 0) is 47.9 Å². The SMILES string of the molecule is CCCC(C)(O)c1ccc2cc(OC)ccc2c1. The van der Waals surface area contributed by atoms with Gasteiger partial charge in [-0.1, -0.05) is 31.5 Å². The lowest BCUT2D eigenvalue weighted by Crippen LogP contribution is -2.20. The Balaban J connectivity index is 2.45. The largest absolute Gasteiger partial charge is 0.497 e. The maximum atomic E-state index is 10.4. The molecule has 0 saturated carbocycles. The Morgan fingerprint density at radius 1 is 1.11 bits per heavy atom. The van der Waals surface area contributed by atoms with Crippen molar-refractivity contribution in [1.82, 2.24) is 0 Å². The summed E-state index contributed by atoms with van der Waals surface area (Å²) in [6.45, 7) is 3.96. The second kappa shape index (κ2) is 4.99. The molecule has 2 aromatic carbocycles. The third kappa shape index (κ3) is 2.49. The van der Waals surface area contributed by atoms with E-state index in [9.17, 15) is 5.11 Å². The van der Waals surface area contributed by atoms with Gasteiger partial charge in [0.05, 0.1) is 12.7 Å². The summed E-state index contributed by atoms with van der Waals surface area (Å²) in [5.74, 6) is 0.857. The minimum atomic E-state index is -0.747. The van der Waals surface area contributed by atoms with Crippen LogP contribution in [0.2, 0.25) is 0 Å². The van der Waals surface area contributed by atoms with Gasteiger partial charge in [0.2, 0.25) is 0 Å². The molecule has 0 spiro atoms. The Bertz CT molecular complexity index is 544. The molecule has 2 aromatic rings. The molecule has 0 bridgehead atoms. The van der Waals surface area contributed by atoms with E-state index in [1.54, 1.807) is 7.11 Å². The van der Waals surface area contributed by atoms with Crippen LogP contribution in [0.25, 0.3) is 10.8 Å². The quantitative estimate of drug-likeness (QED) is 0.885. The Morgan fingerprint density at radius 2 is 1.78 bits per heavy atom. The minimum Gasteiger partial charge on any atom is -0.497 e. The summed E-state index contributed by atoms with van der Waals surface area (Å²) in [5.41, 5.74) is 0.227. The van der Waals surface area contributed by atoms with Crippen molar-refractivity contribution in [3.8, 4) is 5.75 Å². The predicted molar refractivity (Wildman–Crippen MR) is 75.0 cm³/mol. The molecule has 2 heteroatoms. The van der Waals surface area contributed by atoms with Crippen molar-refractivity contribution in [3.05, 3.63) is 42.0 Å². The highest BCUT2D eigenvalue weighted by Crippen LogP contribution is 2.29. The molecule has 1 unspecified atom stereocenters. The first-order chi connectivity index (χ1) is 8.56. The summed E-state index contributed by atoms with van der Waals surface area (Å²) in [5, 5.41) is 12.7. The van der Waals surface area contributed by atoms with Crippen molar-refractivity contribution in [3.63, 3.8) is 0 Å². The summed E-state index contributed by atoms with van der Waals surface area (Å²) in [7, 11) is 1.67. The first-order valence-electron chi connectivity index (χ1n) is 6.37. The molecule has 0 aliphatic rings. The highest BCUT2D eigenvalue weighted by Gasteiger charge is 2.21. The third-order valence-corrected chi connectivity index (χ3v) is 3.41. The molecular weight excluding hydrogens is 224 g/mol. The summed E-state index contributed by atoms with van der Waals surface area (Å²) < 4.78 is 5.21. The van der Waals surface area contributed by atoms with Gasteiger partial charge in [0.15, 0.2) is 0 Å². The van der Waals surface area contributed by atoms with Gasteiger partial charge in [0.25, 0.3) is 0 Å². The molecule has 1 N–H and O–H groups in total. The Labute approximate surface area is 108 Å². The Morgan fingerprint density at radius 3 is 2.44 bits per heavy atom. The van der Waals surface area contributed by atoms with Crippen LogP contribution in [-0.4, -0.2) is 12.2 Å². The minimum absolute atomic E-state index is 0.747. The molecule has 2 nitrogen and oxygen atoms in total. The van der Waals surface area contributed by atoms with Crippen molar-refractivity contribution in [1.29, 1.82) is 0 Å². The smallest absolute Gasteiger partial charge is 0.119 e. The Hall–Kier alpha value is -1.54. The van der Waals surface area contributed by atoms with Crippen LogP contribution >= 0.6 is 0 Å². The van der Waals surface area contributed by atoms with Crippen LogP contribution in [0.4, 0.5) is 0 Å². The molecular formula is C16H20O2. The number of rotatable bonds is 4. The second-order valence-electron chi connectivity index (χ2n) is 4.95. The number of ether oxygens (including phenoxy) is 1. The zero-order valence-electron chi connectivity index (χ0n) is 11.2. The van der Waals surface area contributed by atoms with Crippen molar-refractivity contribution in [2.24, 2.45) is 0 Å². The van der Waals surface area contributed by atoms with E-state index < -0.39 is 5.60 Å². The lowest BCUT2D eigenvalue weighted by molar-refractivity contribution is 0.0471. The molecule has 0 aliphatic heterocycles. The van der Waals surface area contributed by atoms with E-state index in [4.69, 9.17) is 4.74 Å². The first-order valence-corrected chi connectivity index (χ1v) is 6.37. The summed E-state index contributed by atoms with van der Waals surface area (Å²) in [4.78, 5) is 0. The molecule has 0 aromatic heterocycles. The number of benzene rings is 2. The van der Waals surface area contributed by atoms with E-state index in [1.165, 1.54) is 0 Å². The fourth-order valence-electron chi connectivity index (χ4n) is 2.32. The van der Waals surface area contributed by atoms with E-state index in [2.05, 4.69) is 13.0 Å². The highest BCUT2D eigenvalue weighted by atomic mass is 16.5. The number of hydrogen-bond donors (Lipinski definition) is 1. The van der Waals surface area contributed by atoms with Crippen LogP contribution in [0.5, 0.6) is 5.75 Å². The molecule has 0 amide bonds. The molecule has 0 aliphatic carbocycles. The molecule has 18 heavy (non-hydrogen) atoms. The molecule has 2 rings (SSSR count). The van der Waals surface area contributed by atoms with Gasteiger partial charge in [-0.15, -0.1) is 0 Å². The predicted octanol–water partition coefficient (Wildman–Crippen LogP) is 3.86. The van der Waals surface area contributed by atoms with Crippen molar-refractivity contribution < 1.29 is 9.84 Å². The van der Waals surface area contributed by atoms with Crippen LogP contribution < -0.4 is 4.74 Å². The monoisotopic (exact) mass is 244 g/mol. The maximum Gasteiger partial charge on any atom is 0.119 e. The van der Waals surface area contributed by atoms with Gasteiger partial charge in [-0.25, -0.2) is 0 Å². The zero-order chi connectivity index (χ0) is 13.2. The highest BCUT2D eigenvalue weighted by molar-refractivity contribution is 5.84. The van der Waals surface area contributed by atoms with Crippen LogP contribution in [0.1, 0.15) is 32.3 Å². The van der Waals surface area contributed by atoms with Crippen molar-refractivity contribution in [2.45, 2.75) is 32.3 Å². The molecule has 0 radical (unpaired) electrons. The van der Waals surface area contributed by atoms with E-state index >= 15 is 0 Å². The normalized spacial score (nSPS) is 14.4. The fourth-order valence-corrected chi connectivity index (χ4v) is 2.32. The standard InChI is InChI=1S/C16H20O2/c1-4-9-16(2,17)14-7-5-13-11-15(18-3)8-6-12(13)10-14/h5-8,10-11,17H,4,9H2,1-3H3. The van der Waals surface area contributed by atoms with Gasteiger partial charge in [0, 0.05) is 0 Å². The molecule has 0 heterocycles. The molecule has 96 valence electrons. The van der Waals surface area contributed by atoms with E-state index in [-0.39, 0.29) is 0 Å². The van der Waals surface area contributed by atoms with Gasteiger partial charge >= 0.3 is 0 Å². The van der Waals surface area contributed by atoms with E-state index in [1.807, 2.05) is 37.3 Å². The van der Waals surface area contributed by atoms with Crippen LogP contribution in [0, 0.1) is 0 Å². The van der Waals surface area contributed by atoms with E-state index in [0.29, 0.717) is 0 Å². The maximum absolute atomic E-state index is 10.4. The van der Waals surface area contributed by atoms with Crippen LogP contribution in [0.15, 0.2) is 36.4 Å². The average molecular weight is 244 g/mol. The third-order valence-electron chi connectivity index (χ3n) is 3.41. The fraction of sp³-hybridized carbons (Fsp3) is 0.375. The lowest BCUT2D eigenvalue weighted by atomic mass is 9.90. The summed E-state index contributed by atoms with van der Waals surface area (Å²) in [6.07, 6.45) is 1.74. The number of methoxy groups -OCH3 is 1. The van der Waals surface area contributed by atoms with E-state index in [0.717, 1.165) is 34.9 Å². The summed E-state index contributed by atoms with van der Waals surface area (Å²) >= 11 is 0. The van der Waals surface area contributed by atoms with Gasteiger partial charge in [-0.2, -0.15) is 0 Å².